The van der Waals surface area contributed by atoms with Crippen LogP contribution in [-0.2, 0) is 23.5 Å². The van der Waals surface area contributed by atoms with E-state index in [1.807, 2.05) is 26.1 Å². The second-order valence-corrected chi connectivity index (χ2v) is 8.25. The summed E-state index contributed by atoms with van der Waals surface area (Å²) in [5, 5.41) is 1.49. The van der Waals surface area contributed by atoms with Crippen molar-refractivity contribution in [3.8, 4) is 5.75 Å². The molecule has 0 aliphatic rings. The maximum atomic E-state index is 12.7. The SMILES string of the molecule is COc1ccc(Cl)cc1S(=O)(=O)NCCc1c(C)n(C)c2ccccc12. The number of benzene rings is 2. The Morgan fingerprint density at radius 3 is 2.65 bits per heavy atom. The number of sulfonamides is 1. The van der Waals surface area contributed by atoms with Crippen LogP contribution < -0.4 is 9.46 Å². The van der Waals surface area contributed by atoms with Crippen molar-refractivity contribution >= 4 is 32.5 Å². The van der Waals surface area contributed by atoms with Gasteiger partial charge in [-0.2, -0.15) is 0 Å². The van der Waals surface area contributed by atoms with Gasteiger partial charge >= 0.3 is 0 Å². The zero-order valence-corrected chi connectivity index (χ0v) is 16.5. The molecule has 0 bridgehead atoms. The van der Waals surface area contributed by atoms with Crippen LogP contribution >= 0.6 is 11.6 Å². The lowest BCUT2D eigenvalue weighted by Crippen LogP contribution is -2.26. The molecule has 0 unspecified atom stereocenters. The van der Waals surface area contributed by atoms with Crippen molar-refractivity contribution in [1.82, 2.24) is 9.29 Å². The van der Waals surface area contributed by atoms with Crippen molar-refractivity contribution in [2.45, 2.75) is 18.2 Å². The van der Waals surface area contributed by atoms with E-state index in [9.17, 15) is 8.42 Å². The first kappa shape index (κ1) is 18.8. The Morgan fingerprint density at radius 2 is 1.92 bits per heavy atom. The Labute approximate surface area is 158 Å². The third kappa shape index (κ3) is 3.45. The van der Waals surface area contributed by atoms with Gasteiger partial charge in [0.05, 0.1) is 7.11 Å². The van der Waals surface area contributed by atoms with Crippen molar-refractivity contribution in [2.75, 3.05) is 13.7 Å². The van der Waals surface area contributed by atoms with Gasteiger partial charge in [0.1, 0.15) is 10.6 Å². The third-order valence-electron chi connectivity index (χ3n) is 4.61. The van der Waals surface area contributed by atoms with Gasteiger partial charge in [0.2, 0.25) is 10.0 Å². The number of methoxy groups -OCH3 is 1. The lowest BCUT2D eigenvalue weighted by Gasteiger charge is -2.11. The average Bonchev–Trinajstić information content (AvgIpc) is 2.87. The topological polar surface area (TPSA) is 60.3 Å². The molecule has 0 aliphatic heterocycles. The Hall–Kier alpha value is -2.02. The van der Waals surface area contributed by atoms with Crippen LogP contribution in [0.2, 0.25) is 5.02 Å². The molecule has 5 nitrogen and oxygen atoms in total. The van der Waals surface area contributed by atoms with Crippen molar-refractivity contribution in [3.63, 3.8) is 0 Å². The van der Waals surface area contributed by atoms with Crippen LogP contribution in [-0.4, -0.2) is 26.6 Å². The summed E-state index contributed by atoms with van der Waals surface area (Å²) in [4.78, 5) is 0.0436. The van der Waals surface area contributed by atoms with Crippen LogP contribution in [0.15, 0.2) is 47.4 Å². The molecule has 2 aromatic carbocycles. The highest BCUT2D eigenvalue weighted by atomic mass is 35.5. The van der Waals surface area contributed by atoms with E-state index in [-0.39, 0.29) is 17.2 Å². The molecule has 3 rings (SSSR count). The van der Waals surface area contributed by atoms with Gasteiger partial charge < -0.3 is 9.30 Å². The lowest BCUT2D eigenvalue weighted by atomic mass is 10.1. The van der Waals surface area contributed by atoms with E-state index in [4.69, 9.17) is 16.3 Å². The number of para-hydroxylation sites is 1. The highest BCUT2D eigenvalue weighted by Crippen LogP contribution is 2.28. The Morgan fingerprint density at radius 1 is 1.19 bits per heavy atom. The number of rotatable bonds is 6. The molecule has 0 saturated heterocycles. The van der Waals surface area contributed by atoms with Crippen LogP contribution in [0.1, 0.15) is 11.3 Å². The molecule has 0 radical (unpaired) electrons. The first-order valence-electron chi connectivity index (χ1n) is 8.21. The van der Waals surface area contributed by atoms with Crippen LogP contribution in [0, 0.1) is 6.92 Å². The maximum absolute atomic E-state index is 12.7. The summed E-state index contributed by atoms with van der Waals surface area (Å²) in [6.07, 6.45) is 0.593. The molecule has 0 atom stereocenters. The molecular weight excluding hydrogens is 372 g/mol. The number of ether oxygens (including phenoxy) is 1. The second-order valence-electron chi connectivity index (χ2n) is 6.08. The standard InChI is InChI=1S/C19H21ClN2O3S/c1-13-15(16-6-4-5-7-17(16)22(13)2)10-11-21-26(23,24)19-12-14(20)8-9-18(19)25-3/h4-9,12,21H,10-11H2,1-3H3. The normalized spacial score (nSPS) is 11.8. The number of aromatic nitrogens is 1. The van der Waals surface area contributed by atoms with Gasteiger partial charge in [0, 0.05) is 35.2 Å². The molecule has 0 saturated carbocycles. The van der Waals surface area contributed by atoms with E-state index >= 15 is 0 Å². The van der Waals surface area contributed by atoms with Gasteiger partial charge in [0.25, 0.3) is 0 Å². The molecule has 1 heterocycles. The molecule has 1 N–H and O–H groups in total. The molecule has 0 fully saturated rings. The monoisotopic (exact) mass is 392 g/mol. The van der Waals surface area contributed by atoms with Gasteiger partial charge in [-0.25, -0.2) is 13.1 Å². The largest absolute Gasteiger partial charge is 0.495 e. The number of halogens is 1. The number of hydrogen-bond donors (Lipinski definition) is 1. The minimum Gasteiger partial charge on any atom is -0.495 e. The summed E-state index contributed by atoms with van der Waals surface area (Å²) in [5.41, 5.74) is 3.41. The highest BCUT2D eigenvalue weighted by molar-refractivity contribution is 7.89. The van der Waals surface area contributed by atoms with Crippen molar-refractivity contribution in [3.05, 3.63) is 58.7 Å². The summed E-state index contributed by atoms with van der Waals surface area (Å²) in [6, 6.07) is 12.7. The average molecular weight is 393 g/mol. The van der Waals surface area contributed by atoms with Gasteiger partial charge in [0.15, 0.2) is 0 Å². The minimum absolute atomic E-state index is 0.0436. The Balaban J connectivity index is 1.82. The van der Waals surface area contributed by atoms with E-state index < -0.39 is 10.0 Å². The second kappa shape index (κ2) is 7.31. The summed E-state index contributed by atoms with van der Waals surface area (Å²) >= 11 is 5.95. The molecular formula is C19H21ClN2O3S. The van der Waals surface area contributed by atoms with Crippen LogP contribution in [0.5, 0.6) is 5.75 Å². The molecule has 26 heavy (non-hydrogen) atoms. The fraction of sp³-hybridized carbons (Fsp3) is 0.263. The fourth-order valence-corrected chi connectivity index (χ4v) is 4.63. The van der Waals surface area contributed by atoms with E-state index in [0.29, 0.717) is 11.4 Å². The van der Waals surface area contributed by atoms with E-state index in [1.165, 1.54) is 13.2 Å². The molecule has 1 aromatic heterocycles. The number of aryl methyl sites for hydroxylation is 1. The number of fused-ring (bicyclic) bond motifs is 1. The summed E-state index contributed by atoms with van der Waals surface area (Å²) in [7, 11) is -0.273. The Kier molecular flexibility index (Phi) is 5.27. The molecule has 0 amide bonds. The third-order valence-corrected chi connectivity index (χ3v) is 6.33. The van der Waals surface area contributed by atoms with Gasteiger partial charge in [-0.1, -0.05) is 29.8 Å². The van der Waals surface area contributed by atoms with Crippen LogP contribution in [0.3, 0.4) is 0 Å². The number of hydrogen-bond acceptors (Lipinski definition) is 3. The summed E-state index contributed by atoms with van der Waals surface area (Å²) in [6.45, 7) is 2.33. The molecule has 0 spiro atoms. The molecule has 138 valence electrons. The maximum Gasteiger partial charge on any atom is 0.244 e. The molecule has 0 aliphatic carbocycles. The van der Waals surface area contributed by atoms with E-state index in [2.05, 4.69) is 21.4 Å². The minimum atomic E-state index is -3.72. The lowest BCUT2D eigenvalue weighted by molar-refractivity contribution is 0.402. The fourth-order valence-electron chi connectivity index (χ4n) is 3.16. The van der Waals surface area contributed by atoms with Crippen LogP contribution in [0.25, 0.3) is 10.9 Å². The smallest absolute Gasteiger partial charge is 0.244 e. The van der Waals surface area contributed by atoms with Crippen LogP contribution in [0.4, 0.5) is 0 Å². The van der Waals surface area contributed by atoms with Crippen molar-refractivity contribution < 1.29 is 13.2 Å². The number of nitrogens with zero attached hydrogens (tertiary/aromatic N) is 1. The summed E-state index contributed by atoms with van der Waals surface area (Å²) in [5.74, 6) is 0.267. The highest BCUT2D eigenvalue weighted by Gasteiger charge is 2.20. The predicted octanol–water partition coefficient (Wildman–Crippen LogP) is 3.67. The quantitative estimate of drug-likeness (QED) is 0.696. The first-order chi connectivity index (χ1) is 12.3. The van der Waals surface area contributed by atoms with Crippen molar-refractivity contribution in [1.29, 1.82) is 0 Å². The number of nitrogens with one attached hydrogen (secondary N) is 1. The van der Waals surface area contributed by atoms with E-state index in [0.717, 1.165) is 22.2 Å². The molecule has 3 aromatic rings. The van der Waals surface area contributed by atoms with Gasteiger partial charge in [-0.15, -0.1) is 0 Å². The zero-order chi connectivity index (χ0) is 18.9. The zero-order valence-electron chi connectivity index (χ0n) is 14.9. The molecule has 7 heteroatoms. The first-order valence-corrected chi connectivity index (χ1v) is 10.1. The van der Waals surface area contributed by atoms with E-state index in [1.54, 1.807) is 12.1 Å². The summed E-state index contributed by atoms with van der Waals surface area (Å²) < 4.78 is 35.2. The predicted molar refractivity (Wildman–Crippen MR) is 105 cm³/mol. The van der Waals surface area contributed by atoms with Crippen molar-refractivity contribution in [2.24, 2.45) is 7.05 Å². The Bertz CT molecular complexity index is 1060. The van der Waals surface area contributed by atoms with Gasteiger partial charge in [-0.3, -0.25) is 0 Å². The van der Waals surface area contributed by atoms with Gasteiger partial charge in [-0.05, 0) is 43.2 Å².